The van der Waals surface area contributed by atoms with Crippen LogP contribution in [0.3, 0.4) is 0 Å². The number of pyridine rings is 10. The van der Waals surface area contributed by atoms with Crippen LogP contribution in [-0.2, 0) is 32.1 Å². The lowest BCUT2D eigenvalue weighted by atomic mass is 9.99. The molecule has 5 aliphatic carbocycles. The Labute approximate surface area is 484 Å². The summed E-state index contributed by atoms with van der Waals surface area (Å²) >= 11 is 0. The summed E-state index contributed by atoms with van der Waals surface area (Å²) < 4.78 is 0. The van der Waals surface area contributed by atoms with Gasteiger partial charge < -0.3 is 0 Å². The molecule has 0 radical (unpaired) electrons. The summed E-state index contributed by atoms with van der Waals surface area (Å²) in [4.78, 5) is 46.3. The molecule has 0 N–H and O–H groups in total. The summed E-state index contributed by atoms with van der Waals surface area (Å²) in [7, 11) is 0. The predicted octanol–water partition coefficient (Wildman–Crippen LogP) is 15.5. The average molecular weight is 1080 g/mol. The molecule has 82 heavy (non-hydrogen) atoms. The largest absolute Gasteiger partial charge is 0.260 e. The highest BCUT2D eigenvalue weighted by Crippen LogP contribution is 2.42. The van der Waals surface area contributed by atoms with E-state index in [2.05, 4.69) is 201 Å². The molecule has 0 atom stereocenters. The van der Waals surface area contributed by atoms with Gasteiger partial charge in [-0.3, -0.25) is 49.8 Å². The maximum Gasteiger partial charge on any atom is 0.0762 e. The molecular formula is C72H74N10. The summed E-state index contributed by atoms with van der Waals surface area (Å²) in [6.45, 7) is 35.8. The summed E-state index contributed by atoms with van der Waals surface area (Å²) in [5.74, 6) is 0. The number of fused-ring (bicyclic) bond motifs is 15. The topological polar surface area (TPSA) is 129 Å². The Morgan fingerprint density at radius 1 is 0.280 bits per heavy atom. The molecule has 0 bridgehead atoms. The number of aromatic nitrogens is 10. The highest BCUT2D eigenvalue weighted by atomic mass is 14.8. The van der Waals surface area contributed by atoms with Crippen LogP contribution in [0, 0.1) is 118 Å². The van der Waals surface area contributed by atoms with Crippen LogP contribution in [0.1, 0.15) is 152 Å². The molecule has 412 valence electrons. The fraction of sp³-hybridized carbons (Fsp3) is 0.306. The van der Waals surface area contributed by atoms with Gasteiger partial charge in [0.1, 0.15) is 0 Å². The lowest BCUT2D eigenvalue weighted by molar-refractivity contribution is 1.01. The van der Waals surface area contributed by atoms with Crippen molar-refractivity contribution in [1.82, 2.24) is 49.8 Å². The molecule has 0 aromatic carbocycles. The van der Waals surface area contributed by atoms with Crippen LogP contribution in [0.25, 0.3) is 56.0 Å². The molecular weight excluding hydrogens is 1000 g/mol. The van der Waals surface area contributed by atoms with Crippen LogP contribution >= 0.6 is 0 Å². The third-order valence-corrected chi connectivity index (χ3v) is 17.7. The van der Waals surface area contributed by atoms with Gasteiger partial charge in [0.25, 0.3) is 0 Å². The van der Waals surface area contributed by atoms with E-state index in [1.54, 1.807) is 0 Å². The van der Waals surface area contributed by atoms with Crippen LogP contribution in [0.5, 0.6) is 0 Å². The van der Waals surface area contributed by atoms with Gasteiger partial charge in [-0.2, -0.15) is 0 Å². The second-order valence-electron chi connectivity index (χ2n) is 23.4. The zero-order valence-corrected chi connectivity index (χ0v) is 51.0. The average Bonchev–Trinajstić information content (AvgIpc) is 4.04. The van der Waals surface area contributed by atoms with Crippen molar-refractivity contribution in [1.29, 1.82) is 0 Å². The SMILES string of the molecule is Cc1cc(C)c2c(n1)Cc1cc(C)c(C)nc1-2.Cc1cc2c(nc1C)-c1c(ncc(C)c1C)C2.Cc1cc2c(nc1C)Cc1cc(C)c(C)nc1-2.Cc1cc2c(nc1C)Cc1ncccc1-2.Cc1nc2c(c(C)c1C)-c1cccnc1C2. The van der Waals surface area contributed by atoms with Crippen LogP contribution in [0.2, 0.25) is 0 Å². The molecule has 10 heteroatoms. The quantitative estimate of drug-likeness (QED) is 0.145. The molecule has 0 aliphatic heterocycles. The third-order valence-electron chi connectivity index (χ3n) is 17.7. The first-order valence-corrected chi connectivity index (χ1v) is 28.8. The molecule has 0 saturated carbocycles. The van der Waals surface area contributed by atoms with Crippen LogP contribution < -0.4 is 0 Å². The van der Waals surface area contributed by atoms with E-state index in [1.165, 1.54) is 140 Å². The third kappa shape index (κ3) is 10.2. The second kappa shape index (κ2) is 21.8. The van der Waals surface area contributed by atoms with Gasteiger partial charge in [-0.25, -0.2) is 0 Å². The summed E-state index contributed by atoms with van der Waals surface area (Å²) in [5, 5.41) is 0. The Morgan fingerprint density at radius 2 is 0.732 bits per heavy atom. The Morgan fingerprint density at radius 3 is 1.35 bits per heavy atom. The highest BCUT2D eigenvalue weighted by molar-refractivity contribution is 5.80. The van der Waals surface area contributed by atoms with Crippen molar-refractivity contribution in [3.8, 4) is 56.0 Å². The minimum absolute atomic E-state index is 0.882. The lowest BCUT2D eigenvalue weighted by Crippen LogP contribution is -1.97. The monoisotopic (exact) mass is 1080 g/mol. The van der Waals surface area contributed by atoms with Gasteiger partial charge in [0.05, 0.1) is 56.9 Å². The van der Waals surface area contributed by atoms with Gasteiger partial charge in [0.2, 0.25) is 0 Å². The molecule has 10 aromatic heterocycles. The van der Waals surface area contributed by atoms with E-state index in [4.69, 9.17) is 15.0 Å². The Kier molecular flexibility index (Phi) is 14.7. The fourth-order valence-electron chi connectivity index (χ4n) is 12.1. The lowest BCUT2D eigenvalue weighted by Gasteiger charge is -2.10. The molecule has 0 fully saturated rings. The first-order valence-electron chi connectivity index (χ1n) is 28.8. The number of hydrogen-bond acceptors (Lipinski definition) is 10. The Balaban J connectivity index is 0.000000108. The van der Waals surface area contributed by atoms with Gasteiger partial charge >= 0.3 is 0 Å². The molecule has 0 saturated heterocycles. The van der Waals surface area contributed by atoms with Crippen LogP contribution in [0.4, 0.5) is 0 Å². The molecule has 10 heterocycles. The molecule has 10 aromatic rings. The van der Waals surface area contributed by atoms with Crippen molar-refractivity contribution in [2.24, 2.45) is 0 Å². The van der Waals surface area contributed by atoms with Crippen molar-refractivity contribution in [3.63, 3.8) is 0 Å². The molecule has 15 rings (SSSR count). The van der Waals surface area contributed by atoms with Crippen molar-refractivity contribution in [2.45, 2.75) is 150 Å². The summed E-state index contributed by atoms with van der Waals surface area (Å²) in [6.07, 6.45) is 10.2. The highest BCUT2D eigenvalue weighted by Gasteiger charge is 2.28. The van der Waals surface area contributed by atoms with Gasteiger partial charge in [0.15, 0.2) is 0 Å². The van der Waals surface area contributed by atoms with E-state index in [9.17, 15) is 0 Å². The van der Waals surface area contributed by atoms with Crippen molar-refractivity contribution >= 4 is 0 Å². The number of nitrogens with zero attached hydrogens (tertiary/aromatic N) is 10. The van der Waals surface area contributed by atoms with Gasteiger partial charge in [-0.05, 0) is 220 Å². The van der Waals surface area contributed by atoms with E-state index >= 15 is 0 Å². The maximum absolute atomic E-state index is 4.76. The van der Waals surface area contributed by atoms with Crippen molar-refractivity contribution < 1.29 is 0 Å². The van der Waals surface area contributed by atoms with E-state index < -0.39 is 0 Å². The first kappa shape index (κ1) is 55.4. The number of rotatable bonds is 0. The summed E-state index contributed by atoms with van der Waals surface area (Å²) in [6, 6.07) is 21.6. The second-order valence-corrected chi connectivity index (χ2v) is 23.4. The van der Waals surface area contributed by atoms with E-state index in [0.717, 1.165) is 100 Å². The Hall–Kier alpha value is -8.50. The van der Waals surface area contributed by atoms with Gasteiger partial charge in [-0.1, -0.05) is 30.3 Å². The Bertz CT molecular complexity index is 4230. The maximum atomic E-state index is 4.76. The molecule has 0 amide bonds. The number of aryl methyl sites for hydroxylation is 14. The van der Waals surface area contributed by atoms with Gasteiger partial charge in [0, 0.05) is 129 Å². The zero-order valence-electron chi connectivity index (χ0n) is 51.0. The molecule has 10 nitrogen and oxygen atoms in total. The molecule has 5 aliphatic rings. The fourth-order valence-corrected chi connectivity index (χ4v) is 12.1. The minimum Gasteiger partial charge on any atom is -0.260 e. The normalized spacial score (nSPS) is 12.5. The van der Waals surface area contributed by atoms with E-state index in [0.29, 0.717) is 0 Å². The standard InChI is InChI=1S/3C15H16N2.C14H14N2.C13H12N2/c1-8-6-12-7-13-14(15(12)17-11(8)4)9(2)5-10(3)16-13;1-8-5-12-6-13-14(15(12)17-11(8)4)10(3)9(2)7-16-13;1-8-5-12-7-14-13(15(12)17-11(8)4)6-9(2)10(3)16-14;1-8-9(2)14-11-5-4-6-15-12(11)7-13(14)16-10(8)3;1-8-6-11-10-4-3-5-14-12(10)7-13(11)15-9(8)2/h5-6H,7H2,1-4H3;5,7H,6H2,1-4H3;5-6H,7H2,1-4H3;4-6H,7H2,1-3H3;3-6H,7H2,1-2H3. The van der Waals surface area contributed by atoms with E-state index in [1.807, 2.05) is 30.7 Å². The minimum atomic E-state index is 0.882. The zero-order chi connectivity index (χ0) is 58.2. The van der Waals surface area contributed by atoms with Crippen molar-refractivity contribution in [2.75, 3.05) is 0 Å². The smallest absolute Gasteiger partial charge is 0.0762 e. The van der Waals surface area contributed by atoms with Crippen LogP contribution in [-0.4, -0.2) is 49.8 Å². The van der Waals surface area contributed by atoms with Crippen molar-refractivity contribution in [3.05, 3.63) is 231 Å². The molecule has 0 unspecified atom stereocenters. The van der Waals surface area contributed by atoms with Gasteiger partial charge in [-0.15, -0.1) is 0 Å². The summed E-state index contributed by atoms with van der Waals surface area (Å²) in [5.41, 5.74) is 45.2. The van der Waals surface area contributed by atoms with E-state index in [-0.39, 0.29) is 0 Å². The number of hydrogen-bond donors (Lipinski definition) is 0. The first-order chi connectivity index (χ1) is 39.1. The predicted molar refractivity (Wildman–Crippen MR) is 332 cm³/mol. The molecule has 0 spiro atoms. The van der Waals surface area contributed by atoms with Crippen LogP contribution in [0.15, 0.2) is 79.3 Å².